The highest BCUT2D eigenvalue weighted by molar-refractivity contribution is 9.10. The Hall–Kier alpha value is -0.620. The minimum Gasteiger partial charge on any atom is -0.237 e. The van der Waals surface area contributed by atoms with E-state index in [1.54, 1.807) is 6.07 Å². The SMILES string of the molecule is CC(c1ccc(Cl)cc1Cl)n1nnc2c(CBr)cc(Br)cc21. The van der Waals surface area contributed by atoms with Crippen molar-refractivity contribution in [1.82, 2.24) is 15.0 Å². The maximum Gasteiger partial charge on any atom is 0.117 e. The molecule has 0 aliphatic carbocycles. The van der Waals surface area contributed by atoms with Crippen LogP contribution < -0.4 is 0 Å². The fourth-order valence-corrected chi connectivity index (χ4v) is 3.92. The van der Waals surface area contributed by atoms with Gasteiger partial charge in [-0.25, -0.2) is 4.68 Å². The van der Waals surface area contributed by atoms with E-state index in [0.29, 0.717) is 10.0 Å². The first-order valence-corrected chi connectivity index (χ1v) is 9.22. The van der Waals surface area contributed by atoms with Gasteiger partial charge in [-0.2, -0.15) is 0 Å². The zero-order valence-electron chi connectivity index (χ0n) is 11.5. The molecule has 3 aromatic rings. The van der Waals surface area contributed by atoms with Gasteiger partial charge < -0.3 is 0 Å². The minimum atomic E-state index is -0.0488. The summed E-state index contributed by atoms with van der Waals surface area (Å²) in [5, 5.41) is 10.6. The number of benzene rings is 2. The van der Waals surface area contributed by atoms with Gasteiger partial charge in [0, 0.05) is 19.8 Å². The Morgan fingerprint density at radius 2 is 2.00 bits per heavy atom. The quantitative estimate of drug-likeness (QED) is 0.446. The van der Waals surface area contributed by atoms with Crippen LogP contribution >= 0.6 is 55.1 Å². The molecule has 114 valence electrons. The third kappa shape index (κ3) is 2.92. The van der Waals surface area contributed by atoms with Crippen LogP contribution in [0.25, 0.3) is 11.0 Å². The van der Waals surface area contributed by atoms with Gasteiger partial charge in [-0.05, 0) is 42.3 Å². The lowest BCUT2D eigenvalue weighted by Crippen LogP contribution is -2.09. The lowest BCUT2D eigenvalue weighted by Gasteiger charge is -2.15. The van der Waals surface area contributed by atoms with Crippen molar-refractivity contribution < 1.29 is 0 Å². The minimum absolute atomic E-state index is 0.0488. The summed E-state index contributed by atoms with van der Waals surface area (Å²) >= 11 is 19.3. The normalized spacial score (nSPS) is 12.8. The average Bonchev–Trinajstić information content (AvgIpc) is 2.89. The van der Waals surface area contributed by atoms with Crippen LogP contribution in [-0.4, -0.2) is 15.0 Å². The van der Waals surface area contributed by atoms with Crippen molar-refractivity contribution >= 4 is 66.1 Å². The smallest absolute Gasteiger partial charge is 0.117 e. The Balaban J connectivity index is 2.15. The molecule has 0 saturated heterocycles. The molecule has 0 radical (unpaired) electrons. The molecule has 0 saturated carbocycles. The molecule has 0 bridgehead atoms. The van der Waals surface area contributed by atoms with Crippen LogP contribution in [-0.2, 0) is 5.33 Å². The second-order valence-electron chi connectivity index (χ2n) is 4.94. The van der Waals surface area contributed by atoms with Crippen LogP contribution in [0.5, 0.6) is 0 Å². The molecule has 0 fully saturated rings. The van der Waals surface area contributed by atoms with Gasteiger partial charge in [0.2, 0.25) is 0 Å². The molecular formula is C15H11Br2Cl2N3. The molecule has 1 unspecified atom stereocenters. The predicted molar refractivity (Wildman–Crippen MR) is 98.1 cm³/mol. The zero-order valence-corrected chi connectivity index (χ0v) is 16.2. The second kappa shape index (κ2) is 6.48. The van der Waals surface area contributed by atoms with Crippen LogP contribution in [0.3, 0.4) is 0 Å². The molecule has 0 amide bonds. The first-order chi connectivity index (χ1) is 10.5. The first-order valence-electron chi connectivity index (χ1n) is 6.55. The molecule has 1 aromatic heterocycles. The summed E-state index contributed by atoms with van der Waals surface area (Å²) in [4.78, 5) is 0. The van der Waals surface area contributed by atoms with Gasteiger partial charge in [-0.15, -0.1) is 5.10 Å². The Kier molecular flexibility index (Phi) is 4.78. The molecule has 0 spiro atoms. The Morgan fingerprint density at radius 1 is 1.23 bits per heavy atom. The van der Waals surface area contributed by atoms with Crippen molar-refractivity contribution in [1.29, 1.82) is 0 Å². The summed E-state index contributed by atoms with van der Waals surface area (Å²) in [5.41, 5.74) is 3.89. The van der Waals surface area contributed by atoms with E-state index >= 15 is 0 Å². The van der Waals surface area contributed by atoms with Crippen molar-refractivity contribution in [3.63, 3.8) is 0 Å². The maximum atomic E-state index is 6.32. The van der Waals surface area contributed by atoms with Crippen molar-refractivity contribution in [3.8, 4) is 0 Å². The molecule has 0 aliphatic rings. The van der Waals surface area contributed by atoms with Gasteiger partial charge in [0.25, 0.3) is 0 Å². The molecule has 0 N–H and O–H groups in total. The standard InChI is InChI=1S/C15H11Br2Cl2N3/c1-8(12-3-2-11(18)6-13(12)19)22-14-5-10(17)4-9(7-16)15(14)20-21-22/h2-6,8H,7H2,1H3. The topological polar surface area (TPSA) is 30.7 Å². The highest BCUT2D eigenvalue weighted by atomic mass is 79.9. The van der Waals surface area contributed by atoms with Crippen molar-refractivity contribution in [2.24, 2.45) is 0 Å². The summed E-state index contributed by atoms with van der Waals surface area (Å²) in [7, 11) is 0. The Bertz CT molecular complexity index is 848. The highest BCUT2D eigenvalue weighted by Crippen LogP contribution is 2.31. The Morgan fingerprint density at radius 3 is 2.68 bits per heavy atom. The van der Waals surface area contributed by atoms with E-state index in [1.165, 1.54) is 0 Å². The van der Waals surface area contributed by atoms with Gasteiger partial charge in [-0.3, -0.25) is 0 Å². The van der Waals surface area contributed by atoms with Gasteiger partial charge in [0.1, 0.15) is 5.52 Å². The van der Waals surface area contributed by atoms with Gasteiger partial charge in [-0.1, -0.05) is 66.3 Å². The molecule has 0 aliphatic heterocycles. The molecule has 1 heterocycles. The van der Waals surface area contributed by atoms with E-state index < -0.39 is 0 Å². The monoisotopic (exact) mass is 461 g/mol. The third-order valence-corrected chi connectivity index (χ3v) is 5.17. The number of hydrogen-bond acceptors (Lipinski definition) is 2. The van der Waals surface area contributed by atoms with Crippen molar-refractivity contribution in [3.05, 3.63) is 56.0 Å². The third-order valence-electron chi connectivity index (χ3n) is 3.54. The molecular weight excluding hydrogens is 453 g/mol. The van der Waals surface area contributed by atoms with Crippen LogP contribution in [0.15, 0.2) is 34.8 Å². The maximum absolute atomic E-state index is 6.32. The zero-order chi connectivity index (χ0) is 15.9. The lowest BCUT2D eigenvalue weighted by molar-refractivity contribution is 0.560. The summed E-state index contributed by atoms with van der Waals surface area (Å²) in [6.45, 7) is 2.04. The van der Waals surface area contributed by atoms with E-state index in [1.807, 2.05) is 35.9 Å². The first kappa shape index (κ1) is 16.2. The van der Waals surface area contributed by atoms with E-state index in [9.17, 15) is 0 Å². The number of aromatic nitrogens is 3. The molecule has 1 atom stereocenters. The molecule has 22 heavy (non-hydrogen) atoms. The van der Waals surface area contributed by atoms with Crippen LogP contribution in [0.4, 0.5) is 0 Å². The lowest BCUT2D eigenvalue weighted by atomic mass is 10.1. The molecule has 7 heteroatoms. The number of fused-ring (bicyclic) bond motifs is 1. The number of rotatable bonds is 3. The summed E-state index contributed by atoms with van der Waals surface area (Å²) < 4.78 is 2.87. The number of halogens is 4. The van der Waals surface area contributed by atoms with Crippen molar-refractivity contribution in [2.45, 2.75) is 18.3 Å². The van der Waals surface area contributed by atoms with Crippen molar-refractivity contribution in [2.75, 3.05) is 0 Å². The fraction of sp³-hybridized carbons (Fsp3) is 0.200. The van der Waals surface area contributed by atoms with Gasteiger partial charge >= 0.3 is 0 Å². The van der Waals surface area contributed by atoms with E-state index in [-0.39, 0.29) is 6.04 Å². The largest absolute Gasteiger partial charge is 0.237 e. The van der Waals surface area contributed by atoms with Crippen LogP contribution in [0.2, 0.25) is 10.0 Å². The van der Waals surface area contributed by atoms with Gasteiger partial charge in [0.15, 0.2) is 0 Å². The van der Waals surface area contributed by atoms with E-state index in [2.05, 4.69) is 42.2 Å². The summed E-state index contributed by atoms with van der Waals surface area (Å²) in [6.07, 6.45) is 0. The summed E-state index contributed by atoms with van der Waals surface area (Å²) in [6, 6.07) is 9.50. The van der Waals surface area contributed by atoms with E-state index in [0.717, 1.165) is 32.0 Å². The number of hydrogen-bond donors (Lipinski definition) is 0. The Labute approximate surface area is 154 Å². The van der Waals surface area contributed by atoms with Gasteiger partial charge in [0.05, 0.1) is 11.6 Å². The number of nitrogens with zero attached hydrogens (tertiary/aromatic N) is 3. The average molecular weight is 464 g/mol. The highest BCUT2D eigenvalue weighted by Gasteiger charge is 2.18. The van der Waals surface area contributed by atoms with Crippen LogP contribution in [0, 0.1) is 0 Å². The predicted octanol–water partition coefficient (Wildman–Crippen LogP) is 6.00. The fourth-order valence-electron chi connectivity index (χ4n) is 2.43. The second-order valence-corrected chi connectivity index (χ2v) is 7.26. The molecule has 3 nitrogen and oxygen atoms in total. The number of alkyl halides is 1. The van der Waals surface area contributed by atoms with Crippen LogP contribution in [0.1, 0.15) is 24.1 Å². The summed E-state index contributed by atoms with van der Waals surface area (Å²) in [5.74, 6) is 0. The van der Waals surface area contributed by atoms with E-state index in [4.69, 9.17) is 23.2 Å². The molecule has 3 rings (SSSR count). The molecule has 2 aromatic carbocycles.